The van der Waals surface area contributed by atoms with Crippen molar-refractivity contribution < 1.29 is 29.0 Å². The Morgan fingerprint density at radius 1 is 0.976 bits per heavy atom. The first-order valence-electron chi connectivity index (χ1n) is 13.6. The maximum Gasteiger partial charge on any atom is 0.323 e. The van der Waals surface area contributed by atoms with E-state index in [1.54, 1.807) is 48.5 Å². The van der Waals surface area contributed by atoms with Crippen LogP contribution in [-0.2, 0) is 14.4 Å². The van der Waals surface area contributed by atoms with Gasteiger partial charge in [0.25, 0.3) is 0 Å². The molecule has 0 bridgehead atoms. The summed E-state index contributed by atoms with van der Waals surface area (Å²) in [4.78, 5) is 50.5. The monoisotopic (exact) mass is 573 g/mol. The van der Waals surface area contributed by atoms with E-state index >= 15 is 0 Å². The number of benzene rings is 3. The van der Waals surface area contributed by atoms with Crippen LogP contribution in [0.2, 0.25) is 0 Å². The predicted octanol–water partition coefficient (Wildman–Crippen LogP) is 4.93. The minimum absolute atomic E-state index is 0.0669. The number of nitrogens with one attached hydrogen (secondary N) is 4. The normalized spacial score (nSPS) is 17.2. The third-order valence-corrected chi connectivity index (χ3v) is 7.02. The lowest BCUT2D eigenvalue weighted by Gasteiger charge is -2.41. The number of carboxylic acids is 1. The summed E-state index contributed by atoms with van der Waals surface area (Å²) >= 11 is 0. The first-order chi connectivity index (χ1) is 20.1. The Labute approximate surface area is 244 Å². The van der Waals surface area contributed by atoms with Crippen LogP contribution in [0.5, 0.6) is 5.75 Å². The van der Waals surface area contributed by atoms with E-state index in [4.69, 9.17) is 4.74 Å². The molecule has 1 fully saturated rings. The zero-order valence-corrected chi connectivity index (χ0v) is 23.7. The molecule has 11 heteroatoms. The number of carboxylic acid groups (broad SMARTS) is 1. The van der Waals surface area contributed by atoms with Crippen molar-refractivity contribution in [1.82, 2.24) is 10.4 Å². The van der Waals surface area contributed by atoms with Crippen LogP contribution in [0.15, 0.2) is 72.8 Å². The summed E-state index contributed by atoms with van der Waals surface area (Å²) in [5.74, 6) is -1.77. The van der Waals surface area contributed by atoms with Crippen LogP contribution < -0.4 is 26.1 Å². The van der Waals surface area contributed by atoms with Crippen molar-refractivity contribution in [2.75, 3.05) is 23.1 Å². The number of aliphatic carboxylic acids is 1. The van der Waals surface area contributed by atoms with Crippen molar-refractivity contribution in [3.8, 4) is 5.75 Å². The zero-order chi connectivity index (χ0) is 30.2. The lowest BCUT2D eigenvalue weighted by molar-refractivity contribution is -0.152. The lowest BCUT2D eigenvalue weighted by Crippen LogP contribution is -2.57. The SMILES string of the molecule is COc1ccc(C(CC(=O)O)N2NC(C)CC(CC(=O)Nc3ccc(NC(=O)Nc4ccccc4C)cc3)C2=O)cc1. The minimum Gasteiger partial charge on any atom is -0.497 e. The summed E-state index contributed by atoms with van der Waals surface area (Å²) in [6.07, 6.45) is 0.0483. The highest BCUT2D eigenvalue weighted by atomic mass is 16.5. The van der Waals surface area contributed by atoms with Crippen molar-refractivity contribution in [2.45, 2.75) is 45.2 Å². The number of carbonyl (C=O) groups excluding carboxylic acids is 3. The van der Waals surface area contributed by atoms with Crippen LogP contribution in [0.1, 0.15) is 43.4 Å². The Bertz CT molecular complexity index is 1430. The first-order valence-corrected chi connectivity index (χ1v) is 13.6. The van der Waals surface area contributed by atoms with Gasteiger partial charge in [-0.3, -0.25) is 19.4 Å². The smallest absolute Gasteiger partial charge is 0.323 e. The molecule has 0 saturated carbocycles. The largest absolute Gasteiger partial charge is 0.497 e. The number of carbonyl (C=O) groups is 4. The fourth-order valence-electron chi connectivity index (χ4n) is 4.91. The average molecular weight is 574 g/mol. The average Bonchev–Trinajstić information content (AvgIpc) is 2.96. The molecular weight excluding hydrogens is 538 g/mol. The van der Waals surface area contributed by atoms with E-state index in [9.17, 15) is 24.3 Å². The molecule has 3 aromatic rings. The topological polar surface area (TPSA) is 149 Å². The zero-order valence-electron chi connectivity index (χ0n) is 23.7. The van der Waals surface area contributed by atoms with Crippen molar-refractivity contribution in [3.05, 3.63) is 83.9 Å². The van der Waals surface area contributed by atoms with Gasteiger partial charge in [0.1, 0.15) is 5.75 Å². The van der Waals surface area contributed by atoms with E-state index in [1.165, 1.54) is 12.1 Å². The van der Waals surface area contributed by atoms with E-state index < -0.39 is 17.9 Å². The number of hydrogen-bond acceptors (Lipinski definition) is 6. The maximum absolute atomic E-state index is 13.5. The lowest BCUT2D eigenvalue weighted by atomic mass is 9.91. The number of hydrazine groups is 1. The van der Waals surface area contributed by atoms with Gasteiger partial charge < -0.3 is 25.8 Å². The number of rotatable bonds is 10. The quantitative estimate of drug-likeness (QED) is 0.231. The highest BCUT2D eigenvalue weighted by molar-refractivity contribution is 6.00. The van der Waals surface area contributed by atoms with E-state index in [0.29, 0.717) is 34.8 Å². The molecule has 0 aromatic heterocycles. The van der Waals surface area contributed by atoms with E-state index in [2.05, 4.69) is 21.4 Å². The number of aryl methyl sites for hydroxylation is 1. The van der Waals surface area contributed by atoms with E-state index in [-0.39, 0.29) is 36.7 Å². The highest BCUT2D eigenvalue weighted by Crippen LogP contribution is 2.31. The summed E-state index contributed by atoms with van der Waals surface area (Å²) in [5, 5.41) is 19.3. The Morgan fingerprint density at radius 3 is 2.24 bits per heavy atom. The number of methoxy groups -OCH3 is 1. The number of ether oxygens (including phenoxy) is 1. The summed E-state index contributed by atoms with van der Waals surface area (Å²) in [6, 6.07) is 19.7. The summed E-state index contributed by atoms with van der Waals surface area (Å²) in [5.41, 5.74) is 6.44. The molecule has 11 nitrogen and oxygen atoms in total. The third kappa shape index (κ3) is 7.85. The second kappa shape index (κ2) is 13.6. The van der Waals surface area contributed by atoms with Crippen LogP contribution in [0.3, 0.4) is 0 Å². The van der Waals surface area contributed by atoms with E-state index in [1.807, 2.05) is 38.1 Å². The van der Waals surface area contributed by atoms with Crippen LogP contribution in [0, 0.1) is 12.8 Å². The van der Waals surface area contributed by atoms with Gasteiger partial charge in [-0.1, -0.05) is 30.3 Å². The summed E-state index contributed by atoms with van der Waals surface area (Å²) < 4.78 is 5.19. The second-order valence-corrected chi connectivity index (χ2v) is 10.3. The molecule has 42 heavy (non-hydrogen) atoms. The third-order valence-electron chi connectivity index (χ3n) is 7.02. The van der Waals surface area contributed by atoms with Gasteiger partial charge in [0.15, 0.2) is 0 Å². The number of anilines is 3. The number of hydrogen-bond donors (Lipinski definition) is 5. The van der Waals surface area contributed by atoms with Crippen molar-refractivity contribution in [3.63, 3.8) is 0 Å². The molecular formula is C31H35N5O6. The van der Waals surface area contributed by atoms with Gasteiger partial charge in [-0.15, -0.1) is 0 Å². The molecule has 1 aliphatic rings. The molecule has 0 radical (unpaired) electrons. The molecule has 0 aliphatic carbocycles. The standard InChI is InChI=1S/C31H35N5O6/c1-19-6-4-5-7-26(19)34-31(41)33-24-12-10-23(11-13-24)32-28(37)17-22-16-20(2)35-36(30(22)40)27(18-29(38)39)21-8-14-25(42-3)15-9-21/h4-15,20,22,27,35H,16-18H2,1-3H3,(H,32,37)(H,38,39)(H2,33,34,41). The predicted molar refractivity (Wildman–Crippen MR) is 159 cm³/mol. The Balaban J connectivity index is 1.37. The first kappa shape index (κ1) is 30.1. The molecule has 1 heterocycles. The van der Waals surface area contributed by atoms with Crippen molar-refractivity contribution >= 4 is 40.9 Å². The number of nitrogens with zero attached hydrogens (tertiary/aromatic N) is 1. The van der Waals surface area contributed by atoms with Crippen molar-refractivity contribution in [2.24, 2.45) is 5.92 Å². The highest BCUT2D eigenvalue weighted by Gasteiger charge is 2.38. The van der Waals surface area contributed by atoms with Crippen molar-refractivity contribution in [1.29, 1.82) is 0 Å². The van der Waals surface area contributed by atoms with Gasteiger partial charge in [0.2, 0.25) is 11.8 Å². The fourth-order valence-corrected chi connectivity index (χ4v) is 4.91. The van der Waals surface area contributed by atoms with Gasteiger partial charge >= 0.3 is 12.0 Å². The molecule has 3 unspecified atom stereocenters. The van der Waals surface area contributed by atoms with Gasteiger partial charge in [-0.25, -0.2) is 10.2 Å². The van der Waals surface area contributed by atoms with Crippen LogP contribution in [0.25, 0.3) is 0 Å². The second-order valence-electron chi connectivity index (χ2n) is 10.3. The Kier molecular flexibility index (Phi) is 9.77. The van der Waals surface area contributed by atoms with Gasteiger partial charge in [-0.2, -0.15) is 0 Å². The van der Waals surface area contributed by atoms with Crippen LogP contribution >= 0.6 is 0 Å². The molecule has 4 rings (SSSR count). The molecule has 1 saturated heterocycles. The van der Waals surface area contributed by atoms with Gasteiger partial charge in [-0.05, 0) is 73.9 Å². The fraction of sp³-hybridized carbons (Fsp3) is 0.290. The molecule has 220 valence electrons. The summed E-state index contributed by atoms with van der Waals surface area (Å²) in [7, 11) is 1.54. The number of urea groups is 1. The maximum atomic E-state index is 13.5. The van der Waals surface area contributed by atoms with Crippen LogP contribution in [-0.4, -0.2) is 47.1 Å². The van der Waals surface area contributed by atoms with Gasteiger partial charge in [0, 0.05) is 35.4 Å². The minimum atomic E-state index is -1.05. The molecule has 3 aromatic carbocycles. The molecule has 5 N–H and O–H groups in total. The van der Waals surface area contributed by atoms with Crippen LogP contribution in [0.4, 0.5) is 21.9 Å². The Hall–Kier alpha value is -4.90. The molecule has 1 aliphatic heterocycles. The van der Waals surface area contributed by atoms with Gasteiger partial charge in [0.05, 0.1) is 19.6 Å². The Morgan fingerprint density at radius 2 is 1.62 bits per heavy atom. The molecule has 0 spiro atoms. The number of para-hydroxylation sites is 1. The summed E-state index contributed by atoms with van der Waals surface area (Å²) in [6.45, 7) is 3.79. The van der Waals surface area contributed by atoms with E-state index in [0.717, 1.165) is 5.56 Å². The molecule has 4 amide bonds. The molecule has 3 atom stereocenters. The number of amides is 4.